The molecule has 4 nitrogen and oxygen atoms in total. The van der Waals surface area contributed by atoms with Crippen LogP contribution in [-0.2, 0) is 19.0 Å². The highest BCUT2D eigenvalue weighted by molar-refractivity contribution is 8.00. The third-order valence-electron chi connectivity index (χ3n) is 3.97. The van der Waals surface area contributed by atoms with E-state index in [4.69, 9.17) is 14.2 Å². The van der Waals surface area contributed by atoms with E-state index >= 15 is 0 Å². The number of methoxy groups -OCH3 is 2. The van der Waals surface area contributed by atoms with Crippen molar-refractivity contribution < 1.29 is 19.0 Å². The number of benzene rings is 2. The van der Waals surface area contributed by atoms with Gasteiger partial charge in [0.15, 0.2) is 5.76 Å². The number of esters is 1. The van der Waals surface area contributed by atoms with Crippen LogP contribution in [0.15, 0.2) is 83.5 Å². The zero-order chi connectivity index (χ0) is 18.4. The highest BCUT2D eigenvalue weighted by Crippen LogP contribution is 2.47. The number of thioether (sulfide) groups is 1. The molecule has 0 radical (unpaired) electrons. The average molecular weight is 368 g/mol. The minimum atomic E-state index is -1.12. The molecule has 1 aliphatic heterocycles. The van der Waals surface area contributed by atoms with E-state index < -0.39 is 17.0 Å². The van der Waals surface area contributed by atoms with E-state index in [1.54, 1.807) is 7.11 Å². The maximum Gasteiger partial charge on any atom is 0.336 e. The van der Waals surface area contributed by atoms with Crippen LogP contribution < -0.4 is 0 Å². The Morgan fingerprint density at radius 3 is 2.31 bits per heavy atom. The number of carbonyl (C=O) groups is 1. The molecule has 2 aromatic carbocycles. The van der Waals surface area contributed by atoms with Gasteiger partial charge in [-0.2, -0.15) is 0 Å². The van der Waals surface area contributed by atoms with Crippen molar-refractivity contribution in [3.05, 3.63) is 84.1 Å². The Hall–Kier alpha value is -2.50. The minimum Gasteiger partial charge on any atom is -0.495 e. The fourth-order valence-electron chi connectivity index (χ4n) is 2.75. The molecule has 0 saturated heterocycles. The minimum absolute atomic E-state index is 0.431. The Kier molecular flexibility index (Phi) is 5.81. The van der Waals surface area contributed by atoms with E-state index in [-0.39, 0.29) is 0 Å². The van der Waals surface area contributed by atoms with Gasteiger partial charge in [-0.1, -0.05) is 66.4 Å². The first-order valence-electron chi connectivity index (χ1n) is 8.17. The predicted molar refractivity (Wildman–Crippen MR) is 102 cm³/mol. The number of hydrogen-bond donors (Lipinski definition) is 0. The molecule has 3 rings (SSSR count). The van der Waals surface area contributed by atoms with Gasteiger partial charge in [0.25, 0.3) is 0 Å². The Bertz CT molecular complexity index is 801. The maximum absolute atomic E-state index is 12.0. The molecular weight excluding hydrogens is 348 g/mol. The lowest BCUT2D eigenvalue weighted by atomic mass is 10.1. The van der Waals surface area contributed by atoms with E-state index in [9.17, 15) is 4.79 Å². The summed E-state index contributed by atoms with van der Waals surface area (Å²) in [7, 11) is 3.12. The van der Waals surface area contributed by atoms with Crippen LogP contribution in [0, 0.1) is 0 Å². The van der Waals surface area contributed by atoms with Gasteiger partial charge in [0.1, 0.15) is 6.10 Å². The third-order valence-corrected chi connectivity index (χ3v) is 5.30. The molecule has 0 N–H and O–H groups in total. The van der Waals surface area contributed by atoms with Gasteiger partial charge in [0, 0.05) is 12.0 Å². The van der Waals surface area contributed by atoms with Crippen LogP contribution in [0.4, 0.5) is 0 Å². The van der Waals surface area contributed by atoms with Crippen LogP contribution in [0.3, 0.4) is 0 Å². The van der Waals surface area contributed by atoms with Gasteiger partial charge < -0.3 is 14.2 Å². The van der Waals surface area contributed by atoms with Crippen molar-refractivity contribution in [1.29, 1.82) is 0 Å². The van der Waals surface area contributed by atoms with E-state index in [2.05, 4.69) is 0 Å². The summed E-state index contributed by atoms with van der Waals surface area (Å²) in [6.07, 6.45) is 4.67. The van der Waals surface area contributed by atoms with Crippen molar-refractivity contribution in [1.82, 2.24) is 0 Å². The summed E-state index contributed by atoms with van der Waals surface area (Å²) in [5, 5.41) is 0. The van der Waals surface area contributed by atoms with Crippen molar-refractivity contribution in [2.75, 3.05) is 14.2 Å². The van der Waals surface area contributed by atoms with Crippen LogP contribution in [0.25, 0.3) is 6.08 Å². The molecule has 0 aromatic heterocycles. The van der Waals surface area contributed by atoms with Gasteiger partial charge in [0.05, 0.1) is 13.2 Å². The SMILES string of the molecule is COC1=CC(=O)OC1(Sc1ccccc1)C(/C=C/c1ccccc1)OC. The number of rotatable bonds is 7. The maximum atomic E-state index is 12.0. The highest BCUT2D eigenvalue weighted by Gasteiger charge is 2.52. The molecule has 2 aromatic rings. The molecule has 0 fully saturated rings. The first-order valence-corrected chi connectivity index (χ1v) is 8.99. The second-order valence-electron chi connectivity index (χ2n) is 5.64. The first kappa shape index (κ1) is 18.3. The first-order chi connectivity index (χ1) is 12.7. The fraction of sp³-hybridized carbons (Fsp3) is 0.190. The van der Waals surface area contributed by atoms with Crippen LogP contribution in [-0.4, -0.2) is 31.2 Å². The van der Waals surface area contributed by atoms with Gasteiger partial charge in [-0.15, -0.1) is 0 Å². The zero-order valence-electron chi connectivity index (χ0n) is 14.6. The van der Waals surface area contributed by atoms with Crippen molar-refractivity contribution >= 4 is 23.8 Å². The normalized spacial score (nSPS) is 20.7. The molecule has 0 bridgehead atoms. The third kappa shape index (κ3) is 3.84. The van der Waals surface area contributed by atoms with Gasteiger partial charge in [0.2, 0.25) is 4.93 Å². The topological polar surface area (TPSA) is 44.8 Å². The number of cyclic esters (lactones) is 1. The molecule has 0 saturated carbocycles. The Morgan fingerprint density at radius 2 is 1.69 bits per heavy atom. The van der Waals surface area contributed by atoms with Crippen molar-refractivity contribution in [3.63, 3.8) is 0 Å². The average Bonchev–Trinajstić information content (AvgIpc) is 3.00. The zero-order valence-corrected chi connectivity index (χ0v) is 15.4. The van der Waals surface area contributed by atoms with Gasteiger partial charge in [-0.25, -0.2) is 4.79 Å². The lowest BCUT2D eigenvalue weighted by Gasteiger charge is -2.34. The van der Waals surface area contributed by atoms with Crippen LogP contribution >= 0.6 is 11.8 Å². The quantitative estimate of drug-likeness (QED) is 0.682. The summed E-state index contributed by atoms with van der Waals surface area (Å²) in [6.45, 7) is 0. The largest absolute Gasteiger partial charge is 0.495 e. The summed E-state index contributed by atoms with van der Waals surface area (Å²) < 4.78 is 16.9. The molecule has 1 heterocycles. The number of hydrogen-bond acceptors (Lipinski definition) is 5. The molecule has 134 valence electrons. The van der Waals surface area contributed by atoms with Crippen LogP contribution in [0.2, 0.25) is 0 Å². The Morgan fingerprint density at radius 1 is 1.04 bits per heavy atom. The fourth-order valence-corrected chi connectivity index (χ4v) is 4.05. The van der Waals surface area contributed by atoms with Gasteiger partial charge in [-0.3, -0.25) is 0 Å². The second-order valence-corrected chi connectivity index (χ2v) is 6.92. The van der Waals surface area contributed by atoms with Crippen molar-refractivity contribution in [3.8, 4) is 0 Å². The summed E-state index contributed by atoms with van der Waals surface area (Å²) in [5.41, 5.74) is 1.03. The second kappa shape index (κ2) is 8.25. The lowest BCUT2D eigenvalue weighted by molar-refractivity contribution is -0.146. The van der Waals surface area contributed by atoms with Gasteiger partial charge >= 0.3 is 5.97 Å². The predicted octanol–water partition coefficient (Wildman–Crippen LogP) is 4.29. The van der Waals surface area contributed by atoms with E-state index in [1.807, 2.05) is 72.8 Å². The molecule has 0 spiro atoms. The summed E-state index contributed by atoms with van der Waals surface area (Å²) in [5.74, 6) is -0.0126. The monoisotopic (exact) mass is 368 g/mol. The molecule has 0 aliphatic carbocycles. The van der Waals surface area contributed by atoms with Crippen LogP contribution in [0.1, 0.15) is 5.56 Å². The van der Waals surface area contributed by atoms with E-state index in [0.717, 1.165) is 10.5 Å². The molecular formula is C21H20O4S. The molecule has 26 heavy (non-hydrogen) atoms. The molecule has 1 aliphatic rings. The molecule has 5 heteroatoms. The lowest BCUT2D eigenvalue weighted by Crippen LogP contribution is -2.42. The van der Waals surface area contributed by atoms with E-state index in [1.165, 1.54) is 24.9 Å². The number of ether oxygens (including phenoxy) is 3. The van der Waals surface area contributed by atoms with Crippen molar-refractivity contribution in [2.45, 2.75) is 15.9 Å². The summed E-state index contributed by atoms with van der Waals surface area (Å²) in [6, 6.07) is 19.6. The molecule has 0 amide bonds. The Balaban J connectivity index is 1.97. The molecule has 2 unspecified atom stereocenters. The smallest absolute Gasteiger partial charge is 0.336 e. The van der Waals surface area contributed by atoms with Crippen LogP contribution in [0.5, 0.6) is 0 Å². The molecule has 2 atom stereocenters. The summed E-state index contributed by atoms with van der Waals surface area (Å²) in [4.78, 5) is 11.9. The number of carbonyl (C=O) groups excluding carboxylic acids is 1. The van der Waals surface area contributed by atoms with E-state index in [0.29, 0.717) is 5.76 Å². The Labute approximate surface area is 157 Å². The van der Waals surface area contributed by atoms with Crippen molar-refractivity contribution in [2.24, 2.45) is 0 Å². The summed E-state index contributed by atoms with van der Waals surface area (Å²) >= 11 is 1.39. The van der Waals surface area contributed by atoms with Gasteiger partial charge in [-0.05, 0) is 23.8 Å². The standard InChI is InChI=1S/C21H20O4S/c1-23-18(14-13-16-9-5-3-6-10-16)21(19(24-2)15-20(22)25-21)26-17-11-7-4-8-12-17/h3-15,18H,1-2H3/b14-13+. The highest BCUT2D eigenvalue weighted by atomic mass is 32.2.